The molecule has 0 aliphatic heterocycles. The highest BCUT2D eigenvalue weighted by Crippen LogP contribution is 2.39. The summed E-state index contributed by atoms with van der Waals surface area (Å²) in [6.45, 7) is 0. The fraction of sp³-hybridized carbons (Fsp3) is 0.143. The molecule has 17 heteroatoms. The number of thioether (sulfide) groups is 1. The van der Waals surface area contributed by atoms with Crippen molar-refractivity contribution in [1.82, 2.24) is 0 Å². The van der Waals surface area contributed by atoms with E-state index in [2.05, 4.69) is 19.7 Å². The zero-order chi connectivity index (χ0) is 28.9. The fourth-order valence-electron chi connectivity index (χ4n) is 2.72. The van der Waals surface area contributed by atoms with E-state index in [0.717, 1.165) is 0 Å². The average molecular weight is 674 g/mol. The number of alkyl halides is 3. The summed E-state index contributed by atoms with van der Waals surface area (Å²) >= 11 is 5.81. The standard InChI is InChI=1S/C19H19BrN4O3S4.C2HF3O2/c1-28-19-17(10-16(29-19)18(22)23)31(27,14-7-4-6-13(20)9-14)24-30(25,26)11-12-5-2-3-8-15(12)21;3-2(4,5)1(6)7/h2-10H,11,21H2,1H3,(H3,22,23);(H,6,7). The number of thiophene rings is 1. The van der Waals surface area contributed by atoms with Crippen LogP contribution in [0.3, 0.4) is 0 Å². The first-order valence-corrected chi connectivity index (χ1v) is 15.9. The molecule has 0 spiro atoms. The smallest absolute Gasteiger partial charge is 0.475 e. The zero-order valence-corrected chi connectivity index (χ0v) is 24.1. The zero-order valence-electron chi connectivity index (χ0n) is 19.2. The van der Waals surface area contributed by atoms with Gasteiger partial charge in [0.15, 0.2) is 0 Å². The van der Waals surface area contributed by atoms with Gasteiger partial charge in [0.1, 0.15) is 15.6 Å². The maximum absolute atomic E-state index is 14.3. The molecule has 3 rings (SSSR count). The minimum Gasteiger partial charge on any atom is -0.475 e. The molecular formula is C21H20BrF3N4O5S4. The molecule has 0 saturated carbocycles. The second-order valence-electron chi connectivity index (χ2n) is 7.17. The summed E-state index contributed by atoms with van der Waals surface area (Å²) in [5, 5.41) is 14.9. The number of aliphatic carboxylic acids is 1. The maximum atomic E-state index is 14.3. The van der Waals surface area contributed by atoms with Crippen LogP contribution in [0, 0.1) is 5.41 Å². The van der Waals surface area contributed by atoms with Gasteiger partial charge in [-0.25, -0.2) is 17.4 Å². The highest BCUT2D eigenvalue weighted by Gasteiger charge is 2.38. The van der Waals surface area contributed by atoms with Gasteiger partial charge in [-0.1, -0.05) is 40.2 Å². The van der Waals surface area contributed by atoms with E-state index in [4.69, 9.17) is 26.8 Å². The number of hydrogen-bond acceptors (Lipinski definition) is 8. The van der Waals surface area contributed by atoms with E-state index in [1.807, 2.05) is 0 Å². The molecule has 0 aliphatic carbocycles. The molecule has 0 amide bonds. The Morgan fingerprint density at radius 2 is 1.76 bits per heavy atom. The van der Waals surface area contributed by atoms with Crippen LogP contribution < -0.4 is 11.5 Å². The van der Waals surface area contributed by atoms with E-state index in [1.165, 1.54) is 29.2 Å². The normalized spacial score (nSPS) is 13.1. The van der Waals surface area contributed by atoms with Crippen LogP contribution in [0.1, 0.15) is 10.4 Å². The molecule has 0 aliphatic rings. The number of halogens is 4. The monoisotopic (exact) mass is 672 g/mol. The number of nitrogens with one attached hydrogen (secondary N) is 1. The SMILES string of the molecule is CSc1sc(C(=N)N)cc1S(=O)(=NS(=O)(=O)Cc1ccccc1N)c1cccc(Br)c1.O=C(O)C(F)(F)F. The predicted molar refractivity (Wildman–Crippen MR) is 146 cm³/mol. The van der Waals surface area contributed by atoms with E-state index < -0.39 is 37.7 Å². The van der Waals surface area contributed by atoms with Gasteiger partial charge >= 0.3 is 12.1 Å². The number of nitrogens with zero attached hydrogens (tertiary/aromatic N) is 1. The van der Waals surface area contributed by atoms with Crippen LogP contribution in [0.2, 0.25) is 0 Å². The Morgan fingerprint density at radius 3 is 2.26 bits per heavy atom. The quantitative estimate of drug-likeness (QED) is 0.115. The molecule has 1 unspecified atom stereocenters. The fourth-order valence-corrected chi connectivity index (χ4v) is 10.0. The van der Waals surface area contributed by atoms with Crippen molar-refractivity contribution in [2.75, 3.05) is 12.0 Å². The van der Waals surface area contributed by atoms with Crippen molar-refractivity contribution in [3.63, 3.8) is 0 Å². The van der Waals surface area contributed by atoms with E-state index in [1.54, 1.807) is 54.8 Å². The highest BCUT2D eigenvalue weighted by atomic mass is 79.9. The van der Waals surface area contributed by atoms with Gasteiger partial charge in [0.05, 0.1) is 24.6 Å². The molecule has 2 aromatic carbocycles. The van der Waals surface area contributed by atoms with Crippen molar-refractivity contribution < 1.29 is 35.7 Å². The van der Waals surface area contributed by atoms with Gasteiger partial charge in [-0.2, -0.15) is 13.2 Å². The number of anilines is 1. The first-order valence-electron chi connectivity index (χ1n) is 9.92. The average Bonchev–Trinajstić information content (AvgIpc) is 3.26. The van der Waals surface area contributed by atoms with Crippen LogP contribution in [0.5, 0.6) is 0 Å². The van der Waals surface area contributed by atoms with Crippen molar-refractivity contribution in [2.45, 2.75) is 25.9 Å². The lowest BCUT2D eigenvalue weighted by molar-refractivity contribution is -0.192. The number of rotatable bonds is 7. The van der Waals surface area contributed by atoms with Crippen LogP contribution in [0.4, 0.5) is 18.9 Å². The molecule has 3 aromatic rings. The minimum atomic E-state index is -5.08. The molecular weight excluding hydrogens is 653 g/mol. The van der Waals surface area contributed by atoms with E-state index in [-0.39, 0.29) is 15.6 Å². The highest BCUT2D eigenvalue weighted by molar-refractivity contribution is 9.10. The Kier molecular flexibility index (Phi) is 10.4. The third kappa shape index (κ3) is 8.20. The second-order valence-corrected chi connectivity index (χ2v) is 14.2. The Bertz CT molecular complexity index is 1580. The first-order chi connectivity index (χ1) is 17.5. The van der Waals surface area contributed by atoms with Gasteiger partial charge in [-0.05, 0) is 42.2 Å². The van der Waals surface area contributed by atoms with Crippen LogP contribution in [-0.4, -0.2) is 42.0 Å². The Labute approximate surface area is 233 Å². The van der Waals surface area contributed by atoms with Crippen molar-refractivity contribution in [1.29, 1.82) is 5.41 Å². The maximum Gasteiger partial charge on any atom is 0.490 e. The number of nitrogen functional groups attached to an aromatic ring is 2. The minimum absolute atomic E-state index is 0.192. The van der Waals surface area contributed by atoms with E-state index in [9.17, 15) is 25.8 Å². The molecule has 6 N–H and O–H groups in total. The third-order valence-electron chi connectivity index (χ3n) is 4.38. The summed E-state index contributed by atoms with van der Waals surface area (Å²) in [5.41, 5.74) is 12.2. The number of para-hydroxylation sites is 1. The lowest BCUT2D eigenvalue weighted by Crippen LogP contribution is -2.21. The molecule has 1 heterocycles. The largest absolute Gasteiger partial charge is 0.490 e. The van der Waals surface area contributed by atoms with Crippen molar-refractivity contribution in [3.05, 3.63) is 69.5 Å². The van der Waals surface area contributed by atoms with Gasteiger partial charge < -0.3 is 16.6 Å². The van der Waals surface area contributed by atoms with Crippen LogP contribution in [-0.2, 0) is 30.3 Å². The van der Waals surface area contributed by atoms with Crippen LogP contribution in [0.25, 0.3) is 0 Å². The van der Waals surface area contributed by atoms with Crippen LogP contribution >= 0.6 is 39.0 Å². The number of hydrogen-bond donors (Lipinski definition) is 4. The summed E-state index contributed by atoms with van der Waals surface area (Å²) < 4.78 is 77.3. The second kappa shape index (κ2) is 12.5. The predicted octanol–water partition coefficient (Wildman–Crippen LogP) is 5.15. The Hall–Kier alpha value is -2.60. The lowest BCUT2D eigenvalue weighted by Gasteiger charge is -2.12. The molecule has 0 radical (unpaired) electrons. The number of carboxylic acid groups (broad SMARTS) is 1. The molecule has 1 atom stereocenters. The van der Waals surface area contributed by atoms with Gasteiger partial charge in [0.25, 0.3) is 10.0 Å². The van der Waals surface area contributed by atoms with Gasteiger partial charge in [-0.15, -0.1) is 26.9 Å². The van der Waals surface area contributed by atoms with Crippen molar-refractivity contribution >= 4 is 76.3 Å². The number of benzene rings is 2. The Balaban J connectivity index is 0.000000638. The number of carbonyl (C=O) groups is 1. The third-order valence-corrected chi connectivity index (χ3v) is 11.7. The van der Waals surface area contributed by atoms with E-state index >= 15 is 0 Å². The van der Waals surface area contributed by atoms with E-state index in [0.29, 0.717) is 24.8 Å². The van der Waals surface area contributed by atoms with Gasteiger partial charge in [0.2, 0.25) is 0 Å². The number of sulfonamides is 1. The Morgan fingerprint density at radius 1 is 1.16 bits per heavy atom. The molecule has 0 fully saturated rings. The summed E-state index contributed by atoms with van der Waals surface area (Å²) in [4.78, 5) is 9.74. The molecule has 0 bridgehead atoms. The molecule has 206 valence electrons. The van der Waals surface area contributed by atoms with Crippen molar-refractivity contribution in [3.8, 4) is 0 Å². The van der Waals surface area contributed by atoms with Crippen molar-refractivity contribution in [2.24, 2.45) is 9.50 Å². The van der Waals surface area contributed by atoms with Crippen LogP contribution in [0.15, 0.2) is 76.8 Å². The summed E-state index contributed by atoms with van der Waals surface area (Å²) in [6, 6.07) is 14.6. The van der Waals surface area contributed by atoms with Gasteiger partial charge in [-0.3, -0.25) is 5.41 Å². The molecule has 1 aromatic heterocycles. The molecule has 38 heavy (non-hydrogen) atoms. The number of carboxylic acids is 1. The topological polar surface area (TPSA) is 177 Å². The van der Waals surface area contributed by atoms with Gasteiger partial charge in [0, 0.05) is 10.2 Å². The summed E-state index contributed by atoms with van der Waals surface area (Å²) in [6.07, 6.45) is -3.31. The summed E-state index contributed by atoms with van der Waals surface area (Å²) in [5.74, 6) is -3.43. The number of amidine groups is 1. The lowest BCUT2D eigenvalue weighted by atomic mass is 10.2. The first kappa shape index (κ1) is 31.6. The number of nitrogens with two attached hydrogens (primary N) is 2. The molecule has 9 nitrogen and oxygen atoms in total. The molecule has 0 saturated heterocycles. The summed E-state index contributed by atoms with van der Waals surface area (Å²) in [7, 11) is -7.81.